The molecule has 0 atom stereocenters. The molecule has 27 heavy (non-hydrogen) atoms. The molecule has 0 aliphatic carbocycles. The van der Waals surface area contributed by atoms with Crippen molar-refractivity contribution < 1.29 is 18.7 Å². The number of ether oxygens (including phenoxy) is 2. The summed E-state index contributed by atoms with van der Waals surface area (Å²) in [6.45, 7) is 0.379. The average molecular weight is 386 g/mol. The Bertz CT molecular complexity index is 901. The highest BCUT2D eigenvalue weighted by Crippen LogP contribution is 2.27. The van der Waals surface area contributed by atoms with E-state index >= 15 is 0 Å². The lowest BCUT2D eigenvalue weighted by Crippen LogP contribution is -2.24. The van der Waals surface area contributed by atoms with Crippen molar-refractivity contribution in [2.75, 3.05) is 20.0 Å². The molecule has 0 radical (unpaired) electrons. The lowest BCUT2D eigenvalue weighted by Gasteiger charge is -2.10. The van der Waals surface area contributed by atoms with Gasteiger partial charge in [0.1, 0.15) is 0 Å². The van der Waals surface area contributed by atoms with Crippen molar-refractivity contribution in [2.45, 2.75) is 11.8 Å². The molecule has 0 saturated carbocycles. The molecule has 1 amide bonds. The van der Waals surface area contributed by atoms with Crippen LogP contribution in [0.15, 0.2) is 52.4 Å². The quantitative estimate of drug-likeness (QED) is 0.590. The zero-order valence-electron chi connectivity index (χ0n) is 14.8. The minimum absolute atomic E-state index is 0.143. The predicted molar refractivity (Wildman–Crippen MR) is 99.6 cm³/mol. The molecule has 0 saturated heterocycles. The Labute approximate surface area is 160 Å². The molecular weight excluding hydrogens is 368 g/mol. The van der Waals surface area contributed by atoms with Gasteiger partial charge < -0.3 is 19.2 Å². The van der Waals surface area contributed by atoms with Crippen molar-refractivity contribution in [3.63, 3.8) is 0 Å². The number of carbonyl (C=O) groups is 1. The van der Waals surface area contributed by atoms with Crippen LogP contribution in [-0.4, -0.2) is 41.1 Å². The summed E-state index contributed by atoms with van der Waals surface area (Å²) in [4.78, 5) is 16.1. The normalized spacial score (nSPS) is 10.4. The smallest absolute Gasteiger partial charge is 0.277 e. The van der Waals surface area contributed by atoms with Crippen LogP contribution in [0.3, 0.4) is 0 Å². The van der Waals surface area contributed by atoms with Gasteiger partial charge in [-0.15, -0.1) is 10.2 Å². The van der Waals surface area contributed by atoms with E-state index < -0.39 is 0 Å². The third-order valence-electron chi connectivity index (χ3n) is 3.58. The van der Waals surface area contributed by atoms with Crippen molar-refractivity contribution >= 4 is 17.7 Å². The largest absolute Gasteiger partial charge is 0.493 e. The number of pyridine rings is 1. The minimum atomic E-state index is -0.143. The molecule has 3 rings (SSSR count). The number of amides is 1. The summed E-state index contributed by atoms with van der Waals surface area (Å²) >= 11 is 1.18. The molecule has 140 valence electrons. The van der Waals surface area contributed by atoms with Gasteiger partial charge in [-0.3, -0.25) is 9.78 Å². The Morgan fingerprint density at radius 2 is 2.04 bits per heavy atom. The predicted octanol–water partition coefficient (Wildman–Crippen LogP) is 2.56. The fraction of sp³-hybridized carbons (Fsp3) is 0.222. The number of aromatic nitrogens is 3. The summed E-state index contributed by atoms with van der Waals surface area (Å²) in [6, 6.07) is 9.10. The van der Waals surface area contributed by atoms with Crippen LogP contribution in [-0.2, 0) is 11.3 Å². The van der Waals surface area contributed by atoms with E-state index in [1.807, 2.05) is 18.2 Å². The standard InChI is InChI=1S/C18H18N4O4S/c1-24-14-6-5-12(8-15(14)25-2)9-20-16(23)11-27-18-22-21-17(26-18)13-4-3-7-19-10-13/h3-8,10H,9,11H2,1-2H3,(H,20,23). The van der Waals surface area contributed by atoms with Gasteiger partial charge in [0.15, 0.2) is 11.5 Å². The molecule has 1 aromatic carbocycles. The Hall–Kier alpha value is -3.07. The van der Waals surface area contributed by atoms with Crippen LogP contribution in [0, 0.1) is 0 Å². The zero-order chi connectivity index (χ0) is 19.1. The lowest BCUT2D eigenvalue weighted by molar-refractivity contribution is -0.118. The van der Waals surface area contributed by atoms with Gasteiger partial charge in [-0.25, -0.2) is 0 Å². The number of thioether (sulfide) groups is 1. The number of carbonyl (C=O) groups excluding carboxylic acids is 1. The highest BCUT2D eigenvalue weighted by molar-refractivity contribution is 7.99. The second-order valence-corrected chi connectivity index (χ2v) is 6.30. The number of hydrogen-bond acceptors (Lipinski definition) is 8. The van der Waals surface area contributed by atoms with Gasteiger partial charge in [0.2, 0.25) is 11.8 Å². The molecule has 0 bridgehead atoms. The first kappa shape index (κ1) is 18.7. The maximum absolute atomic E-state index is 12.1. The van der Waals surface area contributed by atoms with E-state index in [0.717, 1.165) is 11.1 Å². The van der Waals surface area contributed by atoms with Gasteiger partial charge in [-0.1, -0.05) is 17.8 Å². The molecule has 0 unspecified atom stereocenters. The first-order chi connectivity index (χ1) is 13.2. The van der Waals surface area contributed by atoms with Crippen LogP contribution < -0.4 is 14.8 Å². The van der Waals surface area contributed by atoms with E-state index in [0.29, 0.717) is 29.2 Å². The highest BCUT2D eigenvalue weighted by Gasteiger charge is 2.11. The van der Waals surface area contributed by atoms with Crippen molar-refractivity contribution in [1.29, 1.82) is 0 Å². The number of hydrogen-bond donors (Lipinski definition) is 1. The second-order valence-electron chi connectivity index (χ2n) is 5.37. The molecule has 2 heterocycles. The maximum Gasteiger partial charge on any atom is 0.277 e. The minimum Gasteiger partial charge on any atom is -0.493 e. The molecule has 9 heteroatoms. The van der Waals surface area contributed by atoms with Gasteiger partial charge in [0.25, 0.3) is 5.22 Å². The van der Waals surface area contributed by atoms with Gasteiger partial charge in [-0.05, 0) is 29.8 Å². The van der Waals surface area contributed by atoms with E-state index in [4.69, 9.17) is 13.9 Å². The number of rotatable bonds is 8. The van der Waals surface area contributed by atoms with Crippen LogP contribution in [0.1, 0.15) is 5.56 Å². The topological polar surface area (TPSA) is 99.4 Å². The molecule has 0 aliphatic rings. The molecule has 1 N–H and O–H groups in total. The number of nitrogens with zero attached hydrogens (tertiary/aromatic N) is 3. The lowest BCUT2D eigenvalue weighted by atomic mass is 10.2. The molecule has 8 nitrogen and oxygen atoms in total. The van der Waals surface area contributed by atoms with E-state index in [1.54, 1.807) is 38.7 Å². The summed E-state index contributed by atoms with van der Waals surface area (Å²) in [5.41, 5.74) is 1.64. The van der Waals surface area contributed by atoms with E-state index in [9.17, 15) is 4.79 Å². The number of nitrogens with one attached hydrogen (secondary N) is 1. The van der Waals surface area contributed by atoms with Crippen LogP contribution in [0.25, 0.3) is 11.5 Å². The third kappa shape index (κ3) is 4.98. The van der Waals surface area contributed by atoms with Crippen molar-refractivity contribution in [2.24, 2.45) is 0 Å². The summed E-state index contributed by atoms with van der Waals surface area (Å²) in [5.74, 6) is 1.66. The molecule has 0 fully saturated rings. The summed E-state index contributed by atoms with van der Waals surface area (Å²) in [7, 11) is 3.15. The van der Waals surface area contributed by atoms with Gasteiger partial charge in [-0.2, -0.15) is 0 Å². The third-order valence-corrected chi connectivity index (χ3v) is 4.40. The number of methoxy groups -OCH3 is 2. The Balaban J connectivity index is 1.50. The van der Waals surface area contributed by atoms with Crippen molar-refractivity contribution in [3.05, 3.63) is 48.3 Å². The Kier molecular flexibility index (Phi) is 6.26. The Morgan fingerprint density at radius 3 is 2.78 bits per heavy atom. The SMILES string of the molecule is COc1ccc(CNC(=O)CSc2nnc(-c3cccnc3)o2)cc1OC. The monoisotopic (exact) mass is 386 g/mol. The molecule has 0 spiro atoms. The van der Waals surface area contributed by atoms with E-state index in [2.05, 4.69) is 20.5 Å². The van der Waals surface area contributed by atoms with Crippen LogP contribution in [0.2, 0.25) is 0 Å². The van der Waals surface area contributed by atoms with Crippen molar-refractivity contribution in [1.82, 2.24) is 20.5 Å². The van der Waals surface area contributed by atoms with Crippen molar-refractivity contribution in [3.8, 4) is 23.0 Å². The maximum atomic E-state index is 12.1. The summed E-state index contributed by atoms with van der Waals surface area (Å²) in [5, 5.41) is 11.1. The first-order valence-corrected chi connectivity index (χ1v) is 9.02. The van der Waals surface area contributed by atoms with Crippen LogP contribution in [0.5, 0.6) is 11.5 Å². The fourth-order valence-corrected chi connectivity index (χ4v) is 2.84. The summed E-state index contributed by atoms with van der Waals surface area (Å²) in [6.07, 6.45) is 3.30. The van der Waals surface area contributed by atoms with Gasteiger partial charge >= 0.3 is 0 Å². The van der Waals surface area contributed by atoms with Crippen LogP contribution in [0.4, 0.5) is 0 Å². The molecule has 0 aliphatic heterocycles. The molecule has 2 aromatic heterocycles. The second kappa shape index (κ2) is 9.04. The van der Waals surface area contributed by atoms with E-state index in [1.165, 1.54) is 11.8 Å². The average Bonchev–Trinajstić information content (AvgIpc) is 3.20. The fourth-order valence-electron chi connectivity index (χ4n) is 2.24. The number of benzene rings is 1. The Morgan fingerprint density at radius 1 is 1.19 bits per heavy atom. The van der Waals surface area contributed by atoms with Crippen LogP contribution >= 0.6 is 11.8 Å². The summed E-state index contributed by atoms with van der Waals surface area (Å²) < 4.78 is 16.0. The van der Waals surface area contributed by atoms with Gasteiger partial charge in [0, 0.05) is 18.9 Å². The zero-order valence-corrected chi connectivity index (χ0v) is 15.7. The molecular formula is C18H18N4O4S. The highest BCUT2D eigenvalue weighted by atomic mass is 32.2. The van der Waals surface area contributed by atoms with Gasteiger partial charge in [0.05, 0.1) is 25.5 Å². The van der Waals surface area contributed by atoms with E-state index in [-0.39, 0.29) is 11.7 Å². The molecule has 3 aromatic rings. The first-order valence-electron chi connectivity index (χ1n) is 8.04.